The lowest BCUT2D eigenvalue weighted by atomic mass is 10.3. The minimum atomic E-state index is -0.448. The Bertz CT molecular complexity index is 632. The highest BCUT2D eigenvalue weighted by Gasteiger charge is 2.09. The fraction of sp³-hybridized carbons (Fsp3) is 0. The van der Waals surface area contributed by atoms with E-state index in [1.165, 1.54) is 12.3 Å². The Balaban J connectivity index is 1.90. The highest BCUT2D eigenvalue weighted by Crippen LogP contribution is 2.25. The SMILES string of the molecule is O=C(NNC(=S)Nc1cc(Cl)ccc1Cl)c1ccco1. The topological polar surface area (TPSA) is 66.3 Å². The van der Waals surface area contributed by atoms with E-state index in [2.05, 4.69) is 16.2 Å². The summed E-state index contributed by atoms with van der Waals surface area (Å²) in [5, 5.41) is 3.94. The Morgan fingerprint density at radius 3 is 2.70 bits per heavy atom. The molecule has 0 bridgehead atoms. The maximum absolute atomic E-state index is 11.6. The summed E-state index contributed by atoms with van der Waals surface area (Å²) in [5.74, 6) is -0.280. The van der Waals surface area contributed by atoms with Crippen LogP contribution in [0, 0.1) is 0 Å². The number of amides is 1. The molecule has 20 heavy (non-hydrogen) atoms. The molecule has 2 aromatic rings. The molecule has 8 heteroatoms. The number of anilines is 1. The number of hydrogen-bond donors (Lipinski definition) is 3. The first-order chi connectivity index (χ1) is 9.56. The number of carbonyl (C=O) groups is 1. The Morgan fingerprint density at radius 2 is 2.00 bits per heavy atom. The fourth-order valence-corrected chi connectivity index (χ4v) is 1.83. The molecule has 0 atom stereocenters. The van der Waals surface area contributed by atoms with E-state index in [0.29, 0.717) is 15.7 Å². The second-order valence-corrected chi connectivity index (χ2v) is 4.89. The number of thiocarbonyl (C=S) groups is 1. The zero-order chi connectivity index (χ0) is 14.5. The normalized spacial score (nSPS) is 9.90. The van der Waals surface area contributed by atoms with Crippen molar-refractivity contribution >= 4 is 52.1 Å². The summed E-state index contributed by atoms with van der Waals surface area (Å²) in [5.41, 5.74) is 5.43. The third-order valence-electron chi connectivity index (χ3n) is 2.21. The molecule has 2 rings (SSSR count). The molecule has 1 amide bonds. The van der Waals surface area contributed by atoms with Crippen LogP contribution < -0.4 is 16.2 Å². The molecular weight excluding hydrogens is 321 g/mol. The van der Waals surface area contributed by atoms with Crippen LogP contribution in [0.1, 0.15) is 10.6 Å². The summed E-state index contributed by atoms with van der Waals surface area (Å²) in [7, 11) is 0. The van der Waals surface area contributed by atoms with Crippen molar-refractivity contribution in [1.82, 2.24) is 10.9 Å². The van der Waals surface area contributed by atoms with E-state index < -0.39 is 5.91 Å². The third-order valence-corrected chi connectivity index (χ3v) is 2.98. The van der Waals surface area contributed by atoms with Crippen molar-refractivity contribution in [2.75, 3.05) is 5.32 Å². The zero-order valence-corrected chi connectivity index (χ0v) is 12.3. The first-order valence-electron chi connectivity index (χ1n) is 5.42. The van der Waals surface area contributed by atoms with E-state index in [-0.39, 0.29) is 10.9 Å². The molecule has 1 heterocycles. The molecule has 0 unspecified atom stereocenters. The lowest BCUT2D eigenvalue weighted by molar-refractivity contribution is 0.0916. The Morgan fingerprint density at radius 1 is 1.20 bits per heavy atom. The van der Waals surface area contributed by atoms with Gasteiger partial charge in [-0.2, -0.15) is 0 Å². The molecule has 0 saturated carbocycles. The van der Waals surface area contributed by atoms with E-state index in [9.17, 15) is 4.79 Å². The van der Waals surface area contributed by atoms with Gasteiger partial charge in [-0.1, -0.05) is 23.2 Å². The number of halogens is 2. The van der Waals surface area contributed by atoms with Gasteiger partial charge < -0.3 is 9.73 Å². The van der Waals surface area contributed by atoms with Crippen molar-refractivity contribution in [3.63, 3.8) is 0 Å². The summed E-state index contributed by atoms with van der Waals surface area (Å²) in [6, 6.07) is 8.05. The van der Waals surface area contributed by atoms with E-state index in [4.69, 9.17) is 39.8 Å². The van der Waals surface area contributed by atoms with Gasteiger partial charge in [-0.05, 0) is 42.5 Å². The van der Waals surface area contributed by atoms with Crippen LogP contribution in [0.5, 0.6) is 0 Å². The van der Waals surface area contributed by atoms with Crippen LogP contribution in [0.3, 0.4) is 0 Å². The second-order valence-electron chi connectivity index (χ2n) is 3.63. The highest BCUT2D eigenvalue weighted by atomic mass is 35.5. The van der Waals surface area contributed by atoms with Crippen LogP contribution in [-0.4, -0.2) is 11.0 Å². The van der Waals surface area contributed by atoms with Gasteiger partial charge in [0.1, 0.15) is 0 Å². The Kier molecular flexibility index (Phi) is 4.84. The molecule has 1 aromatic heterocycles. The van der Waals surface area contributed by atoms with Gasteiger partial charge in [0, 0.05) is 5.02 Å². The van der Waals surface area contributed by atoms with Gasteiger partial charge in [0.2, 0.25) is 0 Å². The average Bonchev–Trinajstić information content (AvgIpc) is 2.94. The van der Waals surface area contributed by atoms with Crippen molar-refractivity contribution in [3.8, 4) is 0 Å². The predicted molar refractivity (Wildman–Crippen MR) is 82.0 cm³/mol. The number of furan rings is 1. The monoisotopic (exact) mass is 329 g/mol. The largest absolute Gasteiger partial charge is 0.459 e. The number of hydrogen-bond acceptors (Lipinski definition) is 3. The van der Waals surface area contributed by atoms with Crippen LogP contribution in [0.15, 0.2) is 41.0 Å². The predicted octanol–water partition coefficient (Wildman–Crippen LogP) is 3.22. The lowest BCUT2D eigenvalue weighted by Crippen LogP contribution is -2.43. The second kappa shape index (κ2) is 6.60. The van der Waals surface area contributed by atoms with Crippen LogP contribution in [0.25, 0.3) is 0 Å². The van der Waals surface area contributed by atoms with Crippen LogP contribution in [0.4, 0.5) is 5.69 Å². The molecular formula is C12H9Cl2N3O2S. The highest BCUT2D eigenvalue weighted by molar-refractivity contribution is 7.80. The number of carbonyl (C=O) groups excluding carboxylic acids is 1. The first-order valence-corrected chi connectivity index (χ1v) is 6.58. The van der Waals surface area contributed by atoms with Gasteiger partial charge >= 0.3 is 5.91 Å². The molecule has 0 aliphatic rings. The van der Waals surface area contributed by atoms with E-state index in [1.54, 1.807) is 24.3 Å². The summed E-state index contributed by atoms with van der Waals surface area (Å²) in [6.07, 6.45) is 1.40. The summed E-state index contributed by atoms with van der Waals surface area (Å²) >= 11 is 16.8. The number of hydrazine groups is 1. The minimum absolute atomic E-state index is 0.161. The summed E-state index contributed by atoms with van der Waals surface area (Å²) < 4.78 is 4.93. The van der Waals surface area contributed by atoms with Gasteiger partial charge in [-0.25, -0.2) is 0 Å². The van der Waals surface area contributed by atoms with Crippen molar-refractivity contribution in [1.29, 1.82) is 0 Å². The molecule has 0 aliphatic heterocycles. The van der Waals surface area contributed by atoms with Crippen molar-refractivity contribution in [2.24, 2.45) is 0 Å². The van der Waals surface area contributed by atoms with Gasteiger partial charge in [-0.3, -0.25) is 15.6 Å². The average molecular weight is 330 g/mol. The molecule has 0 aliphatic carbocycles. The summed E-state index contributed by atoms with van der Waals surface area (Å²) in [4.78, 5) is 11.6. The molecule has 0 radical (unpaired) electrons. The lowest BCUT2D eigenvalue weighted by Gasteiger charge is -2.12. The van der Waals surface area contributed by atoms with Crippen molar-refractivity contribution in [3.05, 3.63) is 52.4 Å². The van der Waals surface area contributed by atoms with Gasteiger partial charge in [0.25, 0.3) is 0 Å². The van der Waals surface area contributed by atoms with Crippen molar-refractivity contribution in [2.45, 2.75) is 0 Å². The quantitative estimate of drug-likeness (QED) is 0.583. The molecule has 1 aromatic carbocycles. The molecule has 104 valence electrons. The number of nitrogens with one attached hydrogen (secondary N) is 3. The molecule has 0 saturated heterocycles. The maximum atomic E-state index is 11.6. The van der Waals surface area contributed by atoms with Crippen LogP contribution in [-0.2, 0) is 0 Å². The number of benzene rings is 1. The molecule has 0 spiro atoms. The zero-order valence-electron chi connectivity index (χ0n) is 9.94. The minimum Gasteiger partial charge on any atom is -0.459 e. The molecule has 5 nitrogen and oxygen atoms in total. The van der Waals surface area contributed by atoms with Gasteiger partial charge in [0.05, 0.1) is 17.0 Å². The van der Waals surface area contributed by atoms with E-state index in [0.717, 1.165) is 0 Å². The molecule has 3 N–H and O–H groups in total. The fourth-order valence-electron chi connectivity index (χ4n) is 1.33. The van der Waals surface area contributed by atoms with E-state index >= 15 is 0 Å². The number of rotatable bonds is 2. The van der Waals surface area contributed by atoms with E-state index in [1.807, 2.05) is 0 Å². The Hall–Kier alpha value is -1.76. The first kappa shape index (κ1) is 14.6. The Labute approximate surface area is 130 Å². The van der Waals surface area contributed by atoms with Crippen LogP contribution >= 0.6 is 35.4 Å². The van der Waals surface area contributed by atoms with Gasteiger partial charge in [0.15, 0.2) is 10.9 Å². The summed E-state index contributed by atoms with van der Waals surface area (Å²) in [6.45, 7) is 0. The maximum Gasteiger partial charge on any atom is 0.305 e. The standard InChI is InChI=1S/C12H9Cl2N3O2S/c13-7-3-4-8(14)9(6-7)15-12(20)17-16-11(18)10-2-1-5-19-10/h1-6H,(H,16,18)(H2,15,17,20). The third kappa shape index (κ3) is 3.86. The van der Waals surface area contributed by atoms with Gasteiger partial charge in [-0.15, -0.1) is 0 Å². The van der Waals surface area contributed by atoms with Crippen LogP contribution in [0.2, 0.25) is 10.0 Å². The smallest absolute Gasteiger partial charge is 0.305 e. The molecule has 0 fully saturated rings. The van der Waals surface area contributed by atoms with Crippen molar-refractivity contribution < 1.29 is 9.21 Å².